The van der Waals surface area contributed by atoms with Crippen LogP contribution in [-0.2, 0) is 17.7 Å². The van der Waals surface area contributed by atoms with Gasteiger partial charge in [0, 0.05) is 24.3 Å². The number of nitrogens with zero attached hydrogens (tertiary/aromatic N) is 2. The summed E-state index contributed by atoms with van der Waals surface area (Å²) in [6.45, 7) is 1.62. The molecule has 2 N–H and O–H groups in total. The van der Waals surface area contributed by atoms with Crippen LogP contribution in [0.4, 0.5) is 0 Å². The summed E-state index contributed by atoms with van der Waals surface area (Å²) in [7, 11) is -1.43. The number of hydrogen-bond donors (Lipinski definition) is 2. The molecule has 17 heavy (non-hydrogen) atoms. The topological polar surface area (TPSA) is 67.5 Å². The zero-order valence-corrected chi connectivity index (χ0v) is 9.80. The minimum atomic E-state index is -1.43. The molecule has 1 fully saturated rings. The van der Waals surface area contributed by atoms with Gasteiger partial charge in [-0.3, -0.25) is 4.68 Å². The molecule has 1 unspecified atom stereocenters. The summed E-state index contributed by atoms with van der Waals surface area (Å²) in [5.74, 6) is 0. The largest absolute Gasteiger partial charge is 0.492 e. The van der Waals surface area contributed by atoms with Gasteiger partial charge in [0.05, 0.1) is 5.69 Å². The van der Waals surface area contributed by atoms with Gasteiger partial charge in [0.2, 0.25) is 0 Å². The van der Waals surface area contributed by atoms with E-state index in [4.69, 9.17) is 4.74 Å². The van der Waals surface area contributed by atoms with Crippen LogP contribution in [0.3, 0.4) is 0 Å². The third kappa shape index (κ3) is 1.90. The van der Waals surface area contributed by atoms with Gasteiger partial charge in [-0.1, -0.05) is 0 Å². The maximum Gasteiger partial charge on any atom is 0.492 e. The van der Waals surface area contributed by atoms with E-state index in [0.29, 0.717) is 5.46 Å². The van der Waals surface area contributed by atoms with Gasteiger partial charge >= 0.3 is 7.12 Å². The van der Waals surface area contributed by atoms with Crippen LogP contribution in [0, 0.1) is 0 Å². The lowest BCUT2D eigenvalue weighted by Gasteiger charge is -2.22. The first-order chi connectivity index (χ1) is 8.27. The standard InChI is InChI=1S/C11H17BN2O3/c15-12(16)10-8-4-3-6-14(8)13-11(10)9-5-1-2-7-17-9/h9,15-16H,1-7H2. The van der Waals surface area contributed by atoms with Crippen LogP contribution in [0.5, 0.6) is 0 Å². The Kier molecular flexibility index (Phi) is 2.94. The first-order valence-electron chi connectivity index (χ1n) is 6.34. The second-order valence-corrected chi connectivity index (χ2v) is 4.80. The van der Waals surface area contributed by atoms with Crippen molar-refractivity contribution >= 4 is 12.6 Å². The molecule has 3 heterocycles. The van der Waals surface area contributed by atoms with Crippen molar-refractivity contribution in [2.75, 3.05) is 6.61 Å². The number of aromatic nitrogens is 2. The number of ether oxygens (including phenoxy) is 1. The monoisotopic (exact) mass is 236 g/mol. The molecular weight excluding hydrogens is 219 g/mol. The lowest BCUT2D eigenvalue weighted by molar-refractivity contribution is 0.0124. The minimum absolute atomic E-state index is 0.0568. The molecule has 1 atom stereocenters. The molecule has 2 aliphatic heterocycles. The van der Waals surface area contributed by atoms with E-state index in [9.17, 15) is 10.0 Å². The van der Waals surface area contributed by atoms with E-state index in [1.54, 1.807) is 0 Å². The molecule has 6 heteroatoms. The zero-order chi connectivity index (χ0) is 11.8. The lowest BCUT2D eigenvalue weighted by Crippen LogP contribution is -2.36. The van der Waals surface area contributed by atoms with Gasteiger partial charge in [-0.2, -0.15) is 5.10 Å². The maximum absolute atomic E-state index is 9.53. The molecule has 1 aromatic heterocycles. The number of rotatable bonds is 2. The molecule has 1 aromatic rings. The number of fused-ring (bicyclic) bond motifs is 1. The smallest absolute Gasteiger partial charge is 0.423 e. The molecule has 1 saturated heterocycles. The van der Waals surface area contributed by atoms with E-state index in [1.807, 2.05) is 4.68 Å². The Hall–Kier alpha value is -0.845. The Morgan fingerprint density at radius 1 is 1.29 bits per heavy atom. The first-order valence-corrected chi connectivity index (χ1v) is 6.34. The highest BCUT2D eigenvalue weighted by Gasteiger charge is 2.33. The molecule has 3 rings (SSSR count). The Labute approximate surface area is 101 Å². The van der Waals surface area contributed by atoms with Crippen molar-refractivity contribution in [1.29, 1.82) is 0 Å². The SMILES string of the molecule is OB(O)c1c(C2CCCCO2)nn2c1CCC2. The zero-order valence-electron chi connectivity index (χ0n) is 9.80. The van der Waals surface area contributed by atoms with Crippen LogP contribution in [0.2, 0.25) is 0 Å². The average molecular weight is 236 g/mol. The quantitative estimate of drug-likeness (QED) is 0.695. The summed E-state index contributed by atoms with van der Waals surface area (Å²) in [5.41, 5.74) is 2.31. The van der Waals surface area contributed by atoms with Crippen LogP contribution in [0.25, 0.3) is 0 Å². The normalized spacial score (nSPS) is 23.8. The van der Waals surface area contributed by atoms with E-state index in [0.717, 1.165) is 56.6 Å². The van der Waals surface area contributed by atoms with Gasteiger partial charge in [0.25, 0.3) is 0 Å². The summed E-state index contributed by atoms with van der Waals surface area (Å²) in [6.07, 6.45) is 4.99. The highest BCUT2D eigenvalue weighted by Crippen LogP contribution is 2.28. The number of aryl methyl sites for hydroxylation is 1. The summed E-state index contributed by atoms with van der Waals surface area (Å²) in [5, 5.41) is 23.6. The van der Waals surface area contributed by atoms with E-state index in [2.05, 4.69) is 5.10 Å². The second kappa shape index (κ2) is 4.44. The molecule has 0 radical (unpaired) electrons. The maximum atomic E-state index is 9.53. The van der Waals surface area contributed by atoms with Crippen molar-refractivity contribution in [2.45, 2.75) is 44.8 Å². The van der Waals surface area contributed by atoms with Gasteiger partial charge in [0.1, 0.15) is 6.10 Å². The van der Waals surface area contributed by atoms with Crippen molar-refractivity contribution in [3.05, 3.63) is 11.4 Å². The Balaban J connectivity index is 1.98. The summed E-state index contributed by atoms with van der Waals surface area (Å²) in [6, 6.07) is 0. The van der Waals surface area contributed by atoms with Crippen molar-refractivity contribution in [3.8, 4) is 0 Å². The van der Waals surface area contributed by atoms with E-state index in [1.165, 1.54) is 0 Å². The molecule has 0 bridgehead atoms. The minimum Gasteiger partial charge on any atom is -0.423 e. The third-order valence-corrected chi connectivity index (χ3v) is 3.65. The Bertz CT molecular complexity index is 413. The molecular formula is C11H17BN2O3. The molecule has 2 aliphatic rings. The molecule has 0 amide bonds. The predicted octanol–water partition coefficient (Wildman–Crippen LogP) is -0.249. The molecule has 92 valence electrons. The summed E-state index contributed by atoms with van der Waals surface area (Å²) >= 11 is 0. The fraction of sp³-hybridized carbons (Fsp3) is 0.727. The van der Waals surface area contributed by atoms with Crippen LogP contribution in [0.1, 0.15) is 43.2 Å². The van der Waals surface area contributed by atoms with Crippen LogP contribution < -0.4 is 5.46 Å². The van der Waals surface area contributed by atoms with Gasteiger partial charge < -0.3 is 14.8 Å². The van der Waals surface area contributed by atoms with Crippen molar-refractivity contribution in [2.24, 2.45) is 0 Å². The van der Waals surface area contributed by atoms with Crippen molar-refractivity contribution in [1.82, 2.24) is 9.78 Å². The van der Waals surface area contributed by atoms with Gasteiger partial charge in [-0.15, -0.1) is 0 Å². The van der Waals surface area contributed by atoms with Gasteiger partial charge in [-0.05, 0) is 32.1 Å². The van der Waals surface area contributed by atoms with Crippen LogP contribution in [0.15, 0.2) is 0 Å². The van der Waals surface area contributed by atoms with Crippen molar-refractivity contribution < 1.29 is 14.8 Å². The highest BCUT2D eigenvalue weighted by molar-refractivity contribution is 6.59. The third-order valence-electron chi connectivity index (χ3n) is 3.65. The lowest BCUT2D eigenvalue weighted by atomic mass is 9.76. The fourth-order valence-electron chi connectivity index (χ4n) is 2.85. The molecule has 0 aliphatic carbocycles. The molecule has 0 aromatic carbocycles. The highest BCUT2D eigenvalue weighted by atomic mass is 16.5. The van der Waals surface area contributed by atoms with E-state index >= 15 is 0 Å². The van der Waals surface area contributed by atoms with Crippen LogP contribution >= 0.6 is 0 Å². The molecule has 0 saturated carbocycles. The van der Waals surface area contributed by atoms with Gasteiger partial charge in [-0.25, -0.2) is 0 Å². The van der Waals surface area contributed by atoms with Crippen LogP contribution in [-0.4, -0.2) is 33.6 Å². The average Bonchev–Trinajstić information content (AvgIpc) is 2.88. The Morgan fingerprint density at radius 2 is 2.18 bits per heavy atom. The van der Waals surface area contributed by atoms with Crippen molar-refractivity contribution in [3.63, 3.8) is 0 Å². The summed E-state index contributed by atoms with van der Waals surface area (Å²) in [4.78, 5) is 0. The first kappa shape index (κ1) is 11.3. The second-order valence-electron chi connectivity index (χ2n) is 4.80. The van der Waals surface area contributed by atoms with Gasteiger partial charge in [0.15, 0.2) is 0 Å². The van der Waals surface area contributed by atoms with E-state index in [-0.39, 0.29) is 6.10 Å². The summed E-state index contributed by atoms with van der Waals surface area (Å²) < 4.78 is 7.60. The Morgan fingerprint density at radius 3 is 2.88 bits per heavy atom. The molecule has 0 spiro atoms. The predicted molar refractivity (Wildman–Crippen MR) is 62.9 cm³/mol. The molecule has 5 nitrogen and oxygen atoms in total. The van der Waals surface area contributed by atoms with E-state index < -0.39 is 7.12 Å². The number of hydrogen-bond acceptors (Lipinski definition) is 4. The fourth-order valence-corrected chi connectivity index (χ4v) is 2.85.